The monoisotopic (exact) mass is 620 g/mol. The number of rotatable bonds is 8. The summed E-state index contributed by atoms with van der Waals surface area (Å²) in [5, 5.41) is 0. The molecule has 4 aliphatic rings. The van der Waals surface area contributed by atoms with E-state index >= 15 is 0 Å². The summed E-state index contributed by atoms with van der Waals surface area (Å²) in [7, 11) is -3.77. The highest BCUT2D eigenvalue weighted by molar-refractivity contribution is 9.09. The Bertz CT molecular complexity index is 1100. The lowest BCUT2D eigenvalue weighted by atomic mass is 9.44. The summed E-state index contributed by atoms with van der Waals surface area (Å²) in [6.45, 7) is 14.5. The minimum absolute atomic E-state index is 0.0725. The molecule has 1 aromatic rings. The van der Waals surface area contributed by atoms with Crippen molar-refractivity contribution in [3.8, 4) is 0 Å². The topological polar surface area (TPSA) is 43.4 Å². The van der Waals surface area contributed by atoms with Crippen LogP contribution in [0.5, 0.6) is 0 Å². The van der Waals surface area contributed by atoms with Gasteiger partial charge >= 0.3 is 0 Å². The van der Waals surface area contributed by atoms with Gasteiger partial charge in [-0.25, -0.2) is 0 Å². The zero-order chi connectivity index (χ0) is 28.2. The average molecular weight is 622 g/mol. The molecule has 0 aliphatic heterocycles. The fourth-order valence-corrected chi connectivity index (χ4v) is 12.5. The number of benzene rings is 1. The lowest BCUT2D eigenvalue weighted by molar-refractivity contribution is -0.124. The number of hydrogen-bond donors (Lipinski definition) is 0. The predicted molar refractivity (Wildman–Crippen MR) is 164 cm³/mol. The van der Waals surface area contributed by atoms with Gasteiger partial charge in [0.05, 0.1) is 11.0 Å². The van der Waals surface area contributed by atoms with Gasteiger partial charge in [0.1, 0.15) is 0 Å². The normalized spacial score (nSPS) is 41.1. The Labute approximate surface area is 247 Å². The Morgan fingerprint density at radius 2 is 1.64 bits per heavy atom. The molecule has 0 N–H and O–H groups in total. The molecule has 0 spiro atoms. The maximum atomic E-state index is 13.1. The van der Waals surface area contributed by atoms with Crippen molar-refractivity contribution in [3.63, 3.8) is 0 Å². The van der Waals surface area contributed by atoms with Crippen LogP contribution in [-0.2, 0) is 14.3 Å². The smallest absolute Gasteiger partial charge is 0.262 e. The second-order valence-corrected chi connectivity index (χ2v) is 17.8. The van der Waals surface area contributed by atoms with Gasteiger partial charge in [0, 0.05) is 4.83 Å². The van der Waals surface area contributed by atoms with Gasteiger partial charge in [0.15, 0.2) is 0 Å². The van der Waals surface area contributed by atoms with Crippen LogP contribution in [-0.4, -0.2) is 19.3 Å². The molecule has 0 saturated heterocycles. The third-order valence-electron chi connectivity index (χ3n) is 12.4. The number of fused-ring (bicyclic) bond motifs is 5. The molecule has 0 radical (unpaired) electrons. The molecule has 0 aromatic heterocycles. The van der Waals surface area contributed by atoms with Crippen molar-refractivity contribution in [2.75, 3.05) is 0 Å². The van der Waals surface area contributed by atoms with E-state index in [1.807, 2.05) is 19.1 Å². The lowest BCUT2D eigenvalue weighted by Gasteiger charge is -2.62. The van der Waals surface area contributed by atoms with E-state index in [0.717, 1.165) is 53.9 Å². The fraction of sp³-hybridized carbons (Fsp3) is 0.824. The van der Waals surface area contributed by atoms with Crippen molar-refractivity contribution in [2.24, 2.45) is 52.3 Å². The van der Waals surface area contributed by atoms with Crippen LogP contribution in [0.1, 0.15) is 111 Å². The van der Waals surface area contributed by atoms with Crippen molar-refractivity contribution in [1.82, 2.24) is 0 Å². The first kappa shape index (κ1) is 30.1. The molecule has 5 heteroatoms. The lowest BCUT2D eigenvalue weighted by Crippen LogP contribution is -2.56. The molecule has 3 nitrogen and oxygen atoms in total. The van der Waals surface area contributed by atoms with Crippen LogP contribution in [0.25, 0.3) is 0 Å². The molecular formula is C34H53BrO3S. The van der Waals surface area contributed by atoms with Crippen molar-refractivity contribution in [3.05, 3.63) is 29.8 Å². The van der Waals surface area contributed by atoms with E-state index in [-0.39, 0.29) is 21.2 Å². The van der Waals surface area contributed by atoms with Crippen molar-refractivity contribution in [2.45, 2.75) is 128 Å². The Hall–Kier alpha value is -0.390. The largest absolute Gasteiger partial charge is 0.297 e. The molecule has 4 fully saturated rings. The first-order valence-corrected chi connectivity index (χ1v) is 18.3. The molecule has 4 saturated carbocycles. The van der Waals surface area contributed by atoms with Crippen LogP contribution in [0.4, 0.5) is 0 Å². The highest BCUT2D eigenvalue weighted by Crippen LogP contribution is 2.68. The van der Waals surface area contributed by atoms with Gasteiger partial charge < -0.3 is 0 Å². The van der Waals surface area contributed by atoms with E-state index in [9.17, 15) is 8.42 Å². The average Bonchev–Trinajstić information content (AvgIpc) is 3.22. The van der Waals surface area contributed by atoms with E-state index in [4.69, 9.17) is 4.18 Å². The van der Waals surface area contributed by atoms with E-state index < -0.39 is 10.1 Å². The van der Waals surface area contributed by atoms with Gasteiger partial charge in [-0.05, 0) is 123 Å². The summed E-state index contributed by atoms with van der Waals surface area (Å²) in [4.78, 5) is 0.342. The Morgan fingerprint density at radius 1 is 0.949 bits per heavy atom. The Kier molecular flexibility index (Phi) is 8.76. The van der Waals surface area contributed by atoms with Crippen LogP contribution in [0.2, 0.25) is 0 Å². The van der Waals surface area contributed by atoms with Crippen LogP contribution in [0.15, 0.2) is 29.2 Å². The number of hydrogen-bond acceptors (Lipinski definition) is 3. The maximum Gasteiger partial charge on any atom is 0.297 e. The van der Waals surface area contributed by atoms with Gasteiger partial charge in [-0.2, -0.15) is 8.42 Å². The molecule has 10 atom stereocenters. The fourth-order valence-electron chi connectivity index (χ4n) is 10.3. The third kappa shape index (κ3) is 5.68. The molecule has 39 heavy (non-hydrogen) atoms. The van der Waals surface area contributed by atoms with Gasteiger partial charge in [0.25, 0.3) is 10.1 Å². The van der Waals surface area contributed by atoms with Crippen molar-refractivity contribution >= 4 is 26.0 Å². The summed E-state index contributed by atoms with van der Waals surface area (Å²) in [6.07, 6.45) is 13.9. The minimum atomic E-state index is -3.77. The standard InChI is InChI=1S/C34H53BrO3S/c1-22(2)8-7-9-24(4)28-16-17-29-27-15-12-25-20-32(38-39(36,37)26-13-10-23(3)11-14-26)31(35)21-34(25,6)30(27)18-19-33(28,29)5/h10-11,13-14,22,24-25,27-32H,7-9,12,15-21H2,1-6H3/t24-,25+,27+,28-,29+,30+,31-,32-,33-,34+/m1/s1. The summed E-state index contributed by atoms with van der Waals surface area (Å²) < 4.78 is 32.2. The van der Waals surface area contributed by atoms with E-state index in [1.165, 1.54) is 57.8 Å². The first-order chi connectivity index (χ1) is 18.3. The molecule has 5 rings (SSSR count). The Balaban J connectivity index is 1.27. The quantitative estimate of drug-likeness (QED) is 0.215. The van der Waals surface area contributed by atoms with E-state index in [2.05, 4.69) is 50.5 Å². The molecule has 0 heterocycles. The molecule has 1 aromatic carbocycles. The van der Waals surface area contributed by atoms with E-state index in [1.54, 1.807) is 12.1 Å². The van der Waals surface area contributed by atoms with Gasteiger partial charge in [-0.3, -0.25) is 4.18 Å². The zero-order valence-electron chi connectivity index (χ0n) is 25.3. The molecule has 0 unspecified atom stereocenters. The van der Waals surface area contributed by atoms with Gasteiger partial charge in [0.2, 0.25) is 0 Å². The number of halogens is 1. The molecule has 0 amide bonds. The SMILES string of the molecule is Cc1ccc(S(=O)(=O)O[C@@H]2C[C@@H]3CC[C@@H]4[C@H](CC[C@]5(C)[C@@H]([C@H](C)CCCC(C)C)CC[C@@H]45)[C@@]3(C)C[C@H]2Br)cc1. The van der Waals surface area contributed by atoms with Crippen LogP contribution in [0.3, 0.4) is 0 Å². The number of alkyl halides is 1. The van der Waals surface area contributed by atoms with Crippen LogP contribution in [0, 0.1) is 59.2 Å². The van der Waals surface area contributed by atoms with Gasteiger partial charge in [-0.15, -0.1) is 0 Å². The second kappa shape index (κ2) is 11.4. The number of aryl methyl sites for hydroxylation is 1. The van der Waals surface area contributed by atoms with Crippen LogP contribution >= 0.6 is 15.9 Å². The highest BCUT2D eigenvalue weighted by atomic mass is 79.9. The molecule has 220 valence electrons. The highest BCUT2D eigenvalue weighted by Gasteiger charge is 2.61. The van der Waals surface area contributed by atoms with Crippen molar-refractivity contribution in [1.29, 1.82) is 0 Å². The molecule has 0 bridgehead atoms. The predicted octanol–water partition coefficient (Wildman–Crippen LogP) is 9.56. The summed E-state index contributed by atoms with van der Waals surface area (Å²) in [6, 6.07) is 7.03. The first-order valence-electron chi connectivity index (χ1n) is 16.0. The summed E-state index contributed by atoms with van der Waals surface area (Å²) in [5.74, 6) is 5.57. The maximum absolute atomic E-state index is 13.1. The summed E-state index contributed by atoms with van der Waals surface area (Å²) >= 11 is 3.95. The van der Waals surface area contributed by atoms with Crippen LogP contribution < -0.4 is 0 Å². The Morgan fingerprint density at radius 3 is 2.33 bits per heavy atom. The third-order valence-corrected chi connectivity index (χ3v) is 14.6. The zero-order valence-corrected chi connectivity index (χ0v) is 27.7. The second-order valence-electron chi connectivity index (χ2n) is 15.0. The van der Waals surface area contributed by atoms with E-state index in [0.29, 0.717) is 11.3 Å². The summed E-state index contributed by atoms with van der Waals surface area (Å²) in [5.41, 5.74) is 1.83. The van der Waals surface area contributed by atoms with Gasteiger partial charge in [-0.1, -0.05) is 87.5 Å². The molecule has 4 aliphatic carbocycles. The molecular weight excluding hydrogens is 568 g/mol. The van der Waals surface area contributed by atoms with Crippen molar-refractivity contribution < 1.29 is 12.6 Å². The minimum Gasteiger partial charge on any atom is -0.262 e.